The summed E-state index contributed by atoms with van der Waals surface area (Å²) in [5.41, 5.74) is 4.33. The van der Waals surface area contributed by atoms with Gasteiger partial charge in [0.25, 0.3) is 0 Å². The Kier molecular flexibility index (Phi) is 4.74. The third-order valence-electron chi connectivity index (χ3n) is 4.31. The predicted octanol–water partition coefficient (Wildman–Crippen LogP) is 4.82. The molecule has 3 aromatic rings. The van der Waals surface area contributed by atoms with Crippen molar-refractivity contribution in [2.45, 2.75) is 26.7 Å². The van der Waals surface area contributed by atoms with Gasteiger partial charge in [0.05, 0.1) is 19.7 Å². The van der Waals surface area contributed by atoms with Crippen molar-refractivity contribution in [1.29, 1.82) is 0 Å². The molecule has 1 heterocycles. The molecule has 0 spiro atoms. The van der Waals surface area contributed by atoms with Crippen LogP contribution in [0.3, 0.4) is 0 Å². The van der Waals surface area contributed by atoms with Crippen LogP contribution in [0.1, 0.15) is 30.9 Å². The zero-order valence-corrected chi connectivity index (χ0v) is 15.3. The first-order chi connectivity index (χ1) is 12.0. The average molecular weight is 337 g/mol. The summed E-state index contributed by atoms with van der Waals surface area (Å²) in [6.07, 6.45) is 1.55. The molecule has 130 valence electrons. The highest BCUT2D eigenvalue weighted by Gasteiger charge is 2.12. The van der Waals surface area contributed by atoms with E-state index < -0.39 is 0 Å². The molecule has 5 nitrogen and oxygen atoms in total. The molecule has 0 aliphatic carbocycles. The predicted molar refractivity (Wildman–Crippen MR) is 101 cm³/mol. The maximum atomic E-state index is 5.41. The topological polar surface area (TPSA) is 56.3 Å². The maximum Gasteiger partial charge on any atom is 0.162 e. The molecule has 25 heavy (non-hydrogen) atoms. The van der Waals surface area contributed by atoms with Crippen molar-refractivity contribution in [2.24, 2.45) is 0 Å². The van der Waals surface area contributed by atoms with Gasteiger partial charge in [-0.2, -0.15) is 0 Å². The monoisotopic (exact) mass is 337 g/mol. The van der Waals surface area contributed by atoms with Crippen molar-refractivity contribution < 1.29 is 9.47 Å². The molecular formula is C20H23N3O2. The number of anilines is 2. The molecule has 0 unspecified atom stereocenters. The third kappa shape index (κ3) is 3.36. The van der Waals surface area contributed by atoms with E-state index in [-0.39, 0.29) is 0 Å². The molecule has 0 aliphatic rings. The lowest BCUT2D eigenvalue weighted by molar-refractivity contribution is 0.356. The number of aryl methyl sites for hydroxylation is 1. The number of rotatable bonds is 5. The number of hydrogen-bond donors (Lipinski definition) is 1. The molecule has 0 bridgehead atoms. The fraction of sp³-hybridized carbons (Fsp3) is 0.300. The van der Waals surface area contributed by atoms with E-state index in [0.717, 1.165) is 22.4 Å². The van der Waals surface area contributed by atoms with E-state index in [1.54, 1.807) is 20.5 Å². The number of benzene rings is 2. The zero-order chi connectivity index (χ0) is 18.0. The molecule has 2 aromatic carbocycles. The standard InChI is InChI=1S/C20H23N3O2/c1-12(2)14-6-7-16(13(3)8-14)23-20-15-9-18(24-4)19(25-5)10-17(15)21-11-22-20/h6-12H,1-5H3,(H,21,22,23). The van der Waals surface area contributed by atoms with Gasteiger partial charge in [-0.25, -0.2) is 9.97 Å². The highest BCUT2D eigenvalue weighted by atomic mass is 16.5. The molecular weight excluding hydrogens is 314 g/mol. The highest BCUT2D eigenvalue weighted by molar-refractivity contribution is 5.93. The Balaban J connectivity index is 2.04. The van der Waals surface area contributed by atoms with Crippen LogP contribution in [-0.2, 0) is 0 Å². The first kappa shape index (κ1) is 17.0. The van der Waals surface area contributed by atoms with Gasteiger partial charge in [-0.1, -0.05) is 26.0 Å². The molecule has 0 fully saturated rings. The van der Waals surface area contributed by atoms with Gasteiger partial charge in [-0.15, -0.1) is 0 Å². The normalized spacial score (nSPS) is 11.0. The van der Waals surface area contributed by atoms with Crippen molar-refractivity contribution in [3.05, 3.63) is 47.8 Å². The summed E-state index contributed by atoms with van der Waals surface area (Å²) in [6.45, 7) is 6.49. The lowest BCUT2D eigenvalue weighted by Crippen LogP contribution is -2.00. The summed E-state index contributed by atoms with van der Waals surface area (Å²) < 4.78 is 10.8. The highest BCUT2D eigenvalue weighted by Crippen LogP contribution is 2.35. The van der Waals surface area contributed by atoms with Gasteiger partial charge in [0.2, 0.25) is 0 Å². The van der Waals surface area contributed by atoms with Crippen molar-refractivity contribution in [3.8, 4) is 11.5 Å². The Morgan fingerprint density at radius 2 is 1.68 bits per heavy atom. The van der Waals surface area contributed by atoms with Gasteiger partial charge in [0, 0.05) is 17.1 Å². The van der Waals surface area contributed by atoms with Crippen LogP contribution in [0.4, 0.5) is 11.5 Å². The summed E-state index contributed by atoms with van der Waals surface area (Å²) in [5, 5.41) is 4.30. The smallest absolute Gasteiger partial charge is 0.162 e. The summed E-state index contributed by atoms with van der Waals surface area (Å²) in [5.74, 6) is 2.55. The van der Waals surface area contributed by atoms with Crippen molar-refractivity contribution >= 4 is 22.4 Å². The van der Waals surface area contributed by atoms with E-state index in [4.69, 9.17) is 9.47 Å². The van der Waals surface area contributed by atoms with Gasteiger partial charge < -0.3 is 14.8 Å². The molecule has 0 atom stereocenters. The van der Waals surface area contributed by atoms with Crippen LogP contribution in [0.5, 0.6) is 11.5 Å². The fourth-order valence-corrected chi connectivity index (χ4v) is 2.80. The largest absolute Gasteiger partial charge is 0.493 e. The average Bonchev–Trinajstić information content (AvgIpc) is 2.62. The van der Waals surface area contributed by atoms with Gasteiger partial charge in [-0.3, -0.25) is 0 Å². The van der Waals surface area contributed by atoms with Crippen LogP contribution in [0, 0.1) is 6.92 Å². The minimum atomic E-state index is 0.504. The molecule has 1 N–H and O–H groups in total. The summed E-state index contributed by atoms with van der Waals surface area (Å²) in [6, 6.07) is 10.2. The Labute approximate surface area is 148 Å². The van der Waals surface area contributed by atoms with Crippen LogP contribution < -0.4 is 14.8 Å². The van der Waals surface area contributed by atoms with Crippen LogP contribution in [-0.4, -0.2) is 24.2 Å². The van der Waals surface area contributed by atoms with Gasteiger partial charge in [-0.05, 0) is 36.1 Å². The number of nitrogens with zero attached hydrogens (tertiary/aromatic N) is 2. The van der Waals surface area contributed by atoms with E-state index in [9.17, 15) is 0 Å². The van der Waals surface area contributed by atoms with Crippen LogP contribution in [0.2, 0.25) is 0 Å². The molecule has 0 radical (unpaired) electrons. The van der Waals surface area contributed by atoms with E-state index in [2.05, 4.69) is 54.3 Å². The number of aromatic nitrogens is 2. The van der Waals surface area contributed by atoms with Gasteiger partial charge in [0.15, 0.2) is 11.5 Å². The molecule has 0 saturated carbocycles. The van der Waals surface area contributed by atoms with Gasteiger partial charge in [0.1, 0.15) is 12.1 Å². The Hall–Kier alpha value is -2.82. The minimum absolute atomic E-state index is 0.504. The van der Waals surface area contributed by atoms with Crippen LogP contribution in [0.25, 0.3) is 10.9 Å². The number of hydrogen-bond acceptors (Lipinski definition) is 5. The number of ether oxygens (including phenoxy) is 2. The number of fused-ring (bicyclic) bond motifs is 1. The van der Waals surface area contributed by atoms with Crippen molar-refractivity contribution in [3.63, 3.8) is 0 Å². The van der Waals surface area contributed by atoms with Gasteiger partial charge >= 0.3 is 0 Å². The molecule has 3 rings (SSSR count). The molecule has 1 aromatic heterocycles. The summed E-state index contributed by atoms with van der Waals surface area (Å²) in [4.78, 5) is 8.75. The Bertz CT molecular complexity index is 907. The number of methoxy groups -OCH3 is 2. The second-order valence-corrected chi connectivity index (χ2v) is 6.30. The molecule has 5 heteroatoms. The van der Waals surface area contributed by atoms with E-state index in [1.165, 1.54) is 11.1 Å². The van der Waals surface area contributed by atoms with E-state index >= 15 is 0 Å². The summed E-state index contributed by atoms with van der Waals surface area (Å²) in [7, 11) is 3.24. The first-order valence-corrected chi connectivity index (χ1v) is 8.27. The number of nitrogens with one attached hydrogen (secondary N) is 1. The second kappa shape index (κ2) is 6.97. The zero-order valence-electron chi connectivity index (χ0n) is 15.3. The van der Waals surface area contributed by atoms with E-state index in [1.807, 2.05) is 12.1 Å². The Morgan fingerprint density at radius 1 is 0.960 bits per heavy atom. The van der Waals surface area contributed by atoms with Crippen LogP contribution in [0.15, 0.2) is 36.7 Å². The fourth-order valence-electron chi connectivity index (χ4n) is 2.80. The quantitative estimate of drug-likeness (QED) is 0.723. The lowest BCUT2D eigenvalue weighted by Gasteiger charge is -2.14. The molecule has 0 saturated heterocycles. The molecule has 0 amide bonds. The van der Waals surface area contributed by atoms with Crippen LogP contribution >= 0.6 is 0 Å². The minimum Gasteiger partial charge on any atom is -0.493 e. The SMILES string of the molecule is COc1cc2ncnc(Nc3ccc(C(C)C)cc3C)c2cc1OC. The first-order valence-electron chi connectivity index (χ1n) is 8.27. The Morgan fingerprint density at radius 3 is 2.32 bits per heavy atom. The maximum absolute atomic E-state index is 5.41. The van der Waals surface area contributed by atoms with E-state index in [0.29, 0.717) is 17.4 Å². The third-order valence-corrected chi connectivity index (χ3v) is 4.31. The van der Waals surface area contributed by atoms with Crippen molar-refractivity contribution in [1.82, 2.24) is 9.97 Å². The summed E-state index contributed by atoms with van der Waals surface area (Å²) >= 11 is 0. The molecule has 0 aliphatic heterocycles. The van der Waals surface area contributed by atoms with Crippen molar-refractivity contribution in [2.75, 3.05) is 19.5 Å². The lowest BCUT2D eigenvalue weighted by atomic mass is 10.0. The second-order valence-electron chi connectivity index (χ2n) is 6.30.